The number of rotatable bonds is 6. The summed E-state index contributed by atoms with van der Waals surface area (Å²) in [6.07, 6.45) is 3.28. The van der Waals surface area contributed by atoms with Gasteiger partial charge < -0.3 is 19.5 Å². The zero-order chi connectivity index (χ0) is 25.2. The van der Waals surface area contributed by atoms with Gasteiger partial charge in [0.05, 0.1) is 19.9 Å². The van der Waals surface area contributed by atoms with E-state index in [0.29, 0.717) is 6.42 Å². The van der Waals surface area contributed by atoms with Crippen LogP contribution in [-0.4, -0.2) is 42.9 Å². The first-order chi connectivity index (χ1) is 16.7. The van der Waals surface area contributed by atoms with E-state index in [1.54, 1.807) is 27.9 Å². The standard InChI is InChI=1S/C28H32N2O5/c1-28(2,3)35-27(32)30-23(26(31)34-5)16-17-8-6-9-19-18(17)12-13-22(19)25-21-10-7-11-24(33-4)20(21)14-15-29-25/h6-11,14-15,22-23H,12-13,16H2,1-5H3,(H,30,32)/t22?,23-/m0/s1. The molecule has 0 bridgehead atoms. The second-order valence-corrected chi connectivity index (χ2v) is 9.75. The zero-order valence-electron chi connectivity index (χ0n) is 20.9. The van der Waals surface area contributed by atoms with E-state index in [1.165, 1.54) is 18.2 Å². The Morgan fingerprint density at radius 3 is 2.57 bits per heavy atom. The summed E-state index contributed by atoms with van der Waals surface area (Å²) in [6, 6.07) is 13.3. The van der Waals surface area contributed by atoms with Crippen molar-refractivity contribution in [3.8, 4) is 5.75 Å². The van der Waals surface area contributed by atoms with Gasteiger partial charge in [0.25, 0.3) is 0 Å². The molecule has 0 aliphatic heterocycles. The van der Waals surface area contributed by atoms with Crippen molar-refractivity contribution in [1.29, 1.82) is 0 Å². The summed E-state index contributed by atoms with van der Waals surface area (Å²) < 4.78 is 15.9. The number of esters is 1. The quantitative estimate of drug-likeness (QED) is 0.508. The van der Waals surface area contributed by atoms with Crippen LogP contribution in [0.25, 0.3) is 10.8 Å². The monoisotopic (exact) mass is 476 g/mol. The number of fused-ring (bicyclic) bond motifs is 2. The third kappa shape index (κ3) is 5.24. The Balaban J connectivity index is 1.65. The lowest BCUT2D eigenvalue weighted by Crippen LogP contribution is -2.45. The van der Waals surface area contributed by atoms with Crippen molar-refractivity contribution in [2.24, 2.45) is 0 Å². The molecule has 2 aromatic carbocycles. The predicted molar refractivity (Wildman–Crippen MR) is 134 cm³/mol. The maximum atomic E-state index is 12.5. The maximum absolute atomic E-state index is 12.5. The Hall–Kier alpha value is -3.61. The first-order valence-corrected chi connectivity index (χ1v) is 11.8. The van der Waals surface area contributed by atoms with Crippen LogP contribution < -0.4 is 10.1 Å². The number of hydrogen-bond acceptors (Lipinski definition) is 6. The Labute approximate surface area is 205 Å². The third-order valence-corrected chi connectivity index (χ3v) is 6.32. The van der Waals surface area contributed by atoms with Crippen LogP contribution in [0.3, 0.4) is 0 Å². The fourth-order valence-corrected chi connectivity index (χ4v) is 4.87. The molecule has 1 aliphatic rings. The topological polar surface area (TPSA) is 86.8 Å². The number of amides is 1. The van der Waals surface area contributed by atoms with Crippen molar-refractivity contribution in [3.05, 3.63) is 71.0 Å². The Morgan fingerprint density at radius 1 is 1.09 bits per heavy atom. The van der Waals surface area contributed by atoms with Crippen molar-refractivity contribution >= 4 is 22.8 Å². The number of ether oxygens (including phenoxy) is 3. The van der Waals surface area contributed by atoms with Crippen LogP contribution in [0.2, 0.25) is 0 Å². The number of carbonyl (C=O) groups excluding carboxylic acids is 2. The van der Waals surface area contributed by atoms with E-state index < -0.39 is 23.7 Å². The SMILES string of the molecule is COC(=O)[C@H](Cc1cccc2c1CCC2c1nccc2c(OC)cccc12)NC(=O)OC(C)(C)C. The molecule has 4 rings (SSSR count). The molecule has 7 heteroatoms. The molecule has 1 amide bonds. The van der Waals surface area contributed by atoms with E-state index in [-0.39, 0.29) is 5.92 Å². The number of benzene rings is 2. The van der Waals surface area contributed by atoms with Crippen LogP contribution in [0, 0.1) is 0 Å². The van der Waals surface area contributed by atoms with Gasteiger partial charge in [-0.05, 0) is 62.4 Å². The zero-order valence-corrected chi connectivity index (χ0v) is 20.9. The lowest BCUT2D eigenvalue weighted by Gasteiger charge is -2.23. The number of carbonyl (C=O) groups is 2. The highest BCUT2D eigenvalue weighted by atomic mass is 16.6. The number of alkyl carbamates (subject to hydrolysis) is 1. The summed E-state index contributed by atoms with van der Waals surface area (Å²) >= 11 is 0. The minimum Gasteiger partial charge on any atom is -0.496 e. The molecule has 0 spiro atoms. The second-order valence-electron chi connectivity index (χ2n) is 9.75. The molecule has 0 fully saturated rings. The average Bonchev–Trinajstić information content (AvgIpc) is 3.26. The number of methoxy groups -OCH3 is 2. The molecule has 7 nitrogen and oxygen atoms in total. The molecule has 1 heterocycles. The van der Waals surface area contributed by atoms with Gasteiger partial charge in [0.1, 0.15) is 17.4 Å². The van der Waals surface area contributed by atoms with Gasteiger partial charge in [-0.3, -0.25) is 4.98 Å². The summed E-state index contributed by atoms with van der Waals surface area (Å²) in [6.45, 7) is 5.34. The van der Waals surface area contributed by atoms with E-state index >= 15 is 0 Å². The first kappa shape index (κ1) is 24.5. The minimum atomic E-state index is -0.847. The first-order valence-electron chi connectivity index (χ1n) is 11.8. The molecule has 2 atom stereocenters. The fourth-order valence-electron chi connectivity index (χ4n) is 4.87. The van der Waals surface area contributed by atoms with Crippen LogP contribution in [0.1, 0.15) is 55.5 Å². The van der Waals surface area contributed by atoms with Crippen LogP contribution in [0.5, 0.6) is 5.75 Å². The molecule has 184 valence electrons. The molecule has 35 heavy (non-hydrogen) atoms. The van der Waals surface area contributed by atoms with E-state index in [9.17, 15) is 9.59 Å². The Bertz CT molecular complexity index is 1250. The maximum Gasteiger partial charge on any atom is 0.408 e. The van der Waals surface area contributed by atoms with Crippen molar-refractivity contribution in [3.63, 3.8) is 0 Å². The smallest absolute Gasteiger partial charge is 0.408 e. The summed E-state index contributed by atoms with van der Waals surface area (Å²) in [5.74, 6) is 0.453. The molecule has 1 aromatic heterocycles. The molecule has 3 aromatic rings. The van der Waals surface area contributed by atoms with Crippen molar-refractivity contribution in [2.45, 2.75) is 57.6 Å². The van der Waals surface area contributed by atoms with Gasteiger partial charge in [-0.15, -0.1) is 0 Å². The van der Waals surface area contributed by atoms with Gasteiger partial charge in [0, 0.05) is 29.3 Å². The molecule has 0 saturated heterocycles. The van der Waals surface area contributed by atoms with E-state index in [4.69, 9.17) is 19.2 Å². The van der Waals surface area contributed by atoms with Gasteiger partial charge in [0.15, 0.2) is 0 Å². The summed E-state index contributed by atoms with van der Waals surface area (Å²) in [7, 11) is 2.99. The summed E-state index contributed by atoms with van der Waals surface area (Å²) in [5, 5.41) is 4.80. The Kier molecular flexibility index (Phi) is 6.96. The predicted octanol–water partition coefficient (Wildman–Crippen LogP) is 4.93. The van der Waals surface area contributed by atoms with E-state index in [2.05, 4.69) is 17.4 Å². The molecular weight excluding hydrogens is 444 g/mol. The number of hydrogen-bond donors (Lipinski definition) is 1. The molecule has 0 radical (unpaired) electrons. The number of aromatic nitrogens is 1. The van der Waals surface area contributed by atoms with Crippen molar-refractivity contribution in [1.82, 2.24) is 10.3 Å². The largest absolute Gasteiger partial charge is 0.496 e. The number of nitrogens with zero attached hydrogens (tertiary/aromatic N) is 1. The van der Waals surface area contributed by atoms with Crippen LogP contribution in [0.15, 0.2) is 48.7 Å². The van der Waals surface area contributed by atoms with E-state index in [0.717, 1.165) is 40.6 Å². The molecular formula is C28H32N2O5. The lowest BCUT2D eigenvalue weighted by atomic mass is 9.91. The van der Waals surface area contributed by atoms with Gasteiger partial charge >= 0.3 is 12.1 Å². The molecule has 0 saturated carbocycles. The highest BCUT2D eigenvalue weighted by Crippen LogP contribution is 2.42. The Morgan fingerprint density at radius 2 is 1.86 bits per heavy atom. The van der Waals surface area contributed by atoms with Gasteiger partial charge in [0.2, 0.25) is 0 Å². The lowest BCUT2D eigenvalue weighted by molar-refractivity contribution is -0.143. The minimum absolute atomic E-state index is 0.135. The van der Waals surface area contributed by atoms with Gasteiger partial charge in [-0.25, -0.2) is 9.59 Å². The third-order valence-electron chi connectivity index (χ3n) is 6.32. The molecule has 1 aliphatic carbocycles. The van der Waals surface area contributed by atoms with E-state index in [1.807, 2.05) is 36.5 Å². The summed E-state index contributed by atoms with van der Waals surface area (Å²) in [4.78, 5) is 29.6. The van der Waals surface area contributed by atoms with Crippen LogP contribution >= 0.6 is 0 Å². The van der Waals surface area contributed by atoms with Gasteiger partial charge in [-0.2, -0.15) is 0 Å². The molecule has 1 N–H and O–H groups in total. The van der Waals surface area contributed by atoms with Crippen molar-refractivity contribution in [2.75, 3.05) is 14.2 Å². The van der Waals surface area contributed by atoms with Crippen LogP contribution in [0.4, 0.5) is 4.79 Å². The normalized spacial score (nSPS) is 15.9. The highest BCUT2D eigenvalue weighted by molar-refractivity contribution is 5.90. The van der Waals surface area contributed by atoms with Gasteiger partial charge in [-0.1, -0.05) is 30.3 Å². The fraction of sp³-hybridized carbons (Fsp3) is 0.393. The highest BCUT2D eigenvalue weighted by Gasteiger charge is 2.31. The number of nitrogens with one attached hydrogen (secondary N) is 1. The van der Waals surface area contributed by atoms with Crippen molar-refractivity contribution < 1.29 is 23.8 Å². The van der Waals surface area contributed by atoms with Crippen LogP contribution in [-0.2, 0) is 27.1 Å². The number of pyridine rings is 1. The average molecular weight is 477 g/mol. The second kappa shape index (κ2) is 9.94. The molecule has 1 unspecified atom stereocenters. The summed E-state index contributed by atoms with van der Waals surface area (Å²) in [5.41, 5.74) is 3.76.